The first-order chi connectivity index (χ1) is 14.8. The lowest BCUT2D eigenvalue weighted by Crippen LogP contribution is -2.65. The third-order valence-electron chi connectivity index (χ3n) is 5.90. The van der Waals surface area contributed by atoms with Gasteiger partial charge < -0.3 is 20.3 Å². The Morgan fingerprint density at radius 2 is 2.13 bits per heavy atom. The highest BCUT2D eigenvalue weighted by molar-refractivity contribution is 6.06. The molecule has 0 radical (unpaired) electrons. The zero-order chi connectivity index (χ0) is 21.8. The van der Waals surface area contributed by atoms with Gasteiger partial charge in [-0.2, -0.15) is 5.10 Å². The van der Waals surface area contributed by atoms with Gasteiger partial charge in [0.1, 0.15) is 11.6 Å². The van der Waals surface area contributed by atoms with Gasteiger partial charge in [0.05, 0.1) is 42.3 Å². The van der Waals surface area contributed by atoms with Crippen LogP contribution in [0.5, 0.6) is 0 Å². The van der Waals surface area contributed by atoms with Crippen LogP contribution in [-0.2, 0) is 11.3 Å². The summed E-state index contributed by atoms with van der Waals surface area (Å²) < 4.78 is 1.80. The minimum atomic E-state index is -0.845. The highest BCUT2D eigenvalue weighted by Crippen LogP contribution is 2.35. The third-order valence-corrected chi connectivity index (χ3v) is 5.90. The molecule has 3 aromatic rings. The van der Waals surface area contributed by atoms with Gasteiger partial charge in [-0.15, -0.1) is 0 Å². The van der Waals surface area contributed by atoms with Crippen LogP contribution in [0.3, 0.4) is 0 Å². The summed E-state index contributed by atoms with van der Waals surface area (Å²) in [5.74, 6) is -0.366. The summed E-state index contributed by atoms with van der Waals surface area (Å²) in [6, 6.07) is -0.590. The molecule has 1 unspecified atom stereocenters. The number of β-amino-alcohol motifs (C(OH)–C–C–N with tert-alkyl or cyclic N) is 1. The predicted octanol–water partition coefficient (Wildman–Crippen LogP) is 0.943. The van der Waals surface area contributed by atoms with Gasteiger partial charge in [0.15, 0.2) is 5.65 Å². The monoisotopic (exact) mass is 423 g/mol. The van der Waals surface area contributed by atoms with Gasteiger partial charge in [-0.05, 0) is 32.6 Å². The second-order valence-electron chi connectivity index (χ2n) is 8.72. The number of rotatable bonds is 6. The van der Waals surface area contributed by atoms with Crippen molar-refractivity contribution in [3.8, 4) is 11.3 Å². The van der Waals surface area contributed by atoms with Gasteiger partial charge >= 0.3 is 0 Å². The highest BCUT2D eigenvalue weighted by Gasteiger charge is 2.46. The first-order valence-electron chi connectivity index (χ1n) is 10.5. The number of fused-ring (bicyclic) bond motifs is 1. The number of hydrogen-bond acceptors (Lipinski definition) is 6. The summed E-state index contributed by atoms with van der Waals surface area (Å²) >= 11 is 0. The molecule has 31 heavy (non-hydrogen) atoms. The lowest BCUT2D eigenvalue weighted by molar-refractivity contribution is -0.154. The van der Waals surface area contributed by atoms with E-state index in [1.807, 2.05) is 13.1 Å². The van der Waals surface area contributed by atoms with E-state index in [2.05, 4.69) is 25.4 Å². The number of H-pyrrole nitrogens is 1. The zero-order valence-electron chi connectivity index (χ0n) is 17.5. The van der Waals surface area contributed by atoms with Crippen LogP contribution in [0.4, 0.5) is 0 Å². The topological polar surface area (TPSA) is 129 Å². The number of aryl methyl sites for hydroxylation is 1. The Bertz CT molecular complexity index is 1150. The number of aliphatic hydroxyl groups is 1. The molecule has 0 spiro atoms. The molecule has 10 nitrogen and oxygen atoms in total. The SMILES string of the molecule is CCn1cc(-c2cnc3[nH]cc(C(=O)NC(C(=O)N4CC(C)(O)C4)C4CC4)c3n2)cn1. The van der Waals surface area contributed by atoms with E-state index in [1.54, 1.807) is 35.1 Å². The van der Waals surface area contributed by atoms with Crippen LogP contribution < -0.4 is 5.32 Å². The molecule has 162 valence electrons. The fourth-order valence-electron chi connectivity index (χ4n) is 4.03. The molecule has 2 amide bonds. The minimum absolute atomic E-state index is 0.133. The number of nitrogens with zero attached hydrogens (tertiary/aromatic N) is 5. The summed E-state index contributed by atoms with van der Waals surface area (Å²) in [6.07, 6.45) is 8.62. The number of amides is 2. The van der Waals surface area contributed by atoms with Gasteiger partial charge in [-0.3, -0.25) is 14.3 Å². The molecule has 2 aliphatic rings. The molecular formula is C21H25N7O3. The maximum absolute atomic E-state index is 13.1. The van der Waals surface area contributed by atoms with Crippen molar-refractivity contribution in [1.29, 1.82) is 0 Å². The molecule has 1 aliphatic carbocycles. The zero-order valence-corrected chi connectivity index (χ0v) is 17.5. The lowest BCUT2D eigenvalue weighted by atomic mass is 9.95. The fraction of sp³-hybridized carbons (Fsp3) is 0.476. The van der Waals surface area contributed by atoms with Gasteiger partial charge in [0, 0.05) is 24.5 Å². The Balaban J connectivity index is 1.38. The van der Waals surface area contributed by atoms with Crippen molar-refractivity contribution >= 4 is 23.0 Å². The van der Waals surface area contributed by atoms with Gasteiger partial charge in [-0.25, -0.2) is 9.97 Å². The van der Waals surface area contributed by atoms with E-state index in [9.17, 15) is 14.7 Å². The van der Waals surface area contributed by atoms with Crippen molar-refractivity contribution in [3.63, 3.8) is 0 Å². The smallest absolute Gasteiger partial charge is 0.255 e. The maximum Gasteiger partial charge on any atom is 0.255 e. The Morgan fingerprint density at radius 1 is 1.35 bits per heavy atom. The molecule has 1 saturated heterocycles. The molecule has 1 aliphatic heterocycles. The van der Waals surface area contributed by atoms with Gasteiger partial charge in [-0.1, -0.05) is 0 Å². The van der Waals surface area contributed by atoms with Crippen LogP contribution in [0.2, 0.25) is 0 Å². The summed E-state index contributed by atoms with van der Waals surface area (Å²) in [6.45, 7) is 5.03. The molecule has 3 aromatic heterocycles. The van der Waals surface area contributed by atoms with Crippen LogP contribution in [0.1, 0.15) is 37.0 Å². The third kappa shape index (κ3) is 3.67. The van der Waals surface area contributed by atoms with E-state index in [-0.39, 0.29) is 30.8 Å². The lowest BCUT2D eigenvalue weighted by Gasteiger charge is -2.45. The van der Waals surface area contributed by atoms with Crippen molar-refractivity contribution in [2.75, 3.05) is 13.1 Å². The molecule has 2 fully saturated rings. The largest absolute Gasteiger partial charge is 0.386 e. The second-order valence-corrected chi connectivity index (χ2v) is 8.72. The predicted molar refractivity (Wildman–Crippen MR) is 112 cm³/mol. The Labute approximate surface area is 178 Å². The Morgan fingerprint density at radius 3 is 2.77 bits per heavy atom. The first-order valence-corrected chi connectivity index (χ1v) is 10.5. The first kappa shape index (κ1) is 19.7. The van der Waals surface area contributed by atoms with E-state index < -0.39 is 11.6 Å². The van der Waals surface area contributed by atoms with Crippen LogP contribution in [0, 0.1) is 5.92 Å². The Hall–Kier alpha value is -3.27. The molecule has 0 bridgehead atoms. The van der Waals surface area contributed by atoms with Crippen LogP contribution in [0.15, 0.2) is 24.8 Å². The normalized spacial score (nSPS) is 18.6. The van der Waals surface area contributed by atoms with E-state index >= 15 is 0 Å². The number of likely N-dealkylation sites (tertiary alicyclic amines) is 1. The van der Waals surface area contributed by atoms with Crippen molar-refractivity contribution in [1.82, 2.24) is 34.9 Å². The molecular weight excluding hydrogens is 398 g/mol. The molecule has 5 rings (SSSR count). The van der Waals surface area contributed by atoms with Gasteiger partial charge in [0.2, 0.25) is 5.91 Å². The average molecular weight is 423 g/mol. The van der Waals surface area contributed by atoms with Crippen molar-refractivity contribution in [2.45, 2.75) is 44.9 Å². The number of aromatic nitrogens is 5. The standard InChI is InChI=1S/C21H25N7O3/c1-3-28-9-13(6-24-28)15-8-23-18-17(25-15)14(7-22-18)19(29)26-16(12-4-5-12)20(30)27-10-21(2,31)11-27/h6-9,12,16,31H,3-5,10-11H2,1-2H3,(H,22,23)(H,26,29). The van der Waals surface area contributed by atoms with Crippen LogP contribution >= 0.6 is 0 Å². The molecule has 1 atom stereocenters. The van der Waals surface area contributed by atoms with E-state index in [4.69, 9.17) is 0 Å². The quantitative estimate of drug-likeness (QED) is 0.541. The summed E-state index contributed by atoms with van der Waals surface area (Å²) in [5, 5.41) is 17.1. The highest BCUT2D eigenvalue weighted by atomic mass is 16.3. The van der Waals surface area contributed by atoms with Gasteiger partial charge in [0.25, 0.3) is 5.91 Å². The summed E-state index contributed by atoms with van der Waals surface area (Å²) in [5.41, 5.74) is 1.90. The number of nitrogens with one attached hydrogen (secondary N) is 2. The van der Waals surface area contributed by atoms with Crippen molar-refractivity contribution < 1.29 is 14.7 Å². The number of carbonyl (C=O) groups is 2. The van der Waals surface area contributed by atoms with E-state index in [1.165, 1.54) is 0 Å². The molecule has 0 aromatic carbocycles. The fourth-order valence-corrected chi connectivity index (χ4v) is 4.03. The van der Waals surface area contributed by atoms with Crippen LogP contribution in [0.25, 0.3) is 22.4 Å². The number of carbonyl (C=O) groups excluding carboxylic acids is 2. The second kappa shape index (κ2) is 7.16. The van der Waals surface area contributed by atoms with E-state index in [0.29, 0.717) is 22.4 Å². The average Bonchev–Trinajstić information content (AvgIpc) is 3.30. The molecule has 1 saturated carbocycles. The van der Waals surface area contributed by atoms with E-state index in [0.717, 1.165) is 24.9 Å². The molecule has 3 N–H and O–H groups in total. The number of aromatic amines is 1. The maximum atomic E-state index is 13.1. The summed E-state index contributed by atoms with van der Waals surface area (Å²) in [4.78, 5) is 39.6. The summed E-state index contributed by atoms with van der Waals surface area (Å²) in [7, 11) is 0. The van der Waals surface area contributed by atoms with Crippen LogP contribution in [-0.4, -0.2) is 71.3 Å². The molecule has 10 heteroatoms. The Kier molecular flexibility index (Phi) is 4.54. The molecule has 4 heterocycles. The minimum Gasteiger partial charge on any atom is -0.386 e. The van der Waals surface area contributed by atoms with Crippen molar-refractivity contribution in [3.05, 3.63) is 30.4 Å². The van der Waals surface area contributed by atoms with Crippen molar-refractivity contribution in [2.24, 2.45) is 5.92 Å². The number of hydrogen-bond donors (Lipinski definition) is 3.